The Morgan fingerprint density at radius 1 is 1.19 bits per heavy atom. The maximum absolute atomic E-state index is 12.2. The smallest absolute Gasteiger partial charge is 0.326 e. The molecule has 1 aromatic carbocycles. The van der Waals surface area contributed by atoms with E-state index in [1.165, 1.54) is 21.6 Å². The van der Waals surface area contributed by atoms with E-state index >= 15 is 0 Å². The van der Waals surface area contributed by atoms with Crippen LogP contribution in [0.25, 0.3) is 5.69 Å². The Morgan fingerprint density at radius 2 is 1.92 bits per heavy atom. The number of amidine groups is 2. The second kappa shape index (κ2) is 6.13. The SMILES string of the molecule is Cc1nnc(SC2=N[C@H]3[C@H](N2)C(=N)N(C)C(=O)N3C)n1-c1ccccc1. The predicted molar refractivity (Wildman–Crippen MR) is 98.7 cm³/mol. The highest BCUT2D eigenvalue weighted by Crippen LogP contribution is 2.28. The summed E-state index contributed by atoms with van der Waals surface area (Å²) in [5, 5.41) is 21.1. The Hall–Kier alpha value is -2.88. The molecule has 1 saturated heterocycles. The van der Waals surface area contributed by atoms with Crippen molar-refractivity contribution in [1.82, 2.24) is 29.9 Å². The Morgan fingerprint density at radius 3 is 2.65 bits per heavy atom. The first-order valence-electron chi connectivity index (χ1n) is 8.06. The van der Waals surface area contributed by atoms with Crippen molar-refractivity contribution in [2.75, 3.05) is 14.1 Å². The van der Waals surface area contributed by atoms with Crippen molar-refractivity contribution in [2.24, 2.45) is 4.99 Å². The maximum Gasteiger partial charge on any atom is 0.326 e. The molecule has 9 nitrogen and oxygen atoms in total. The molecule has 1 fully saturated rings. The minimum atomic E-state index is -0.428. The average molecular weight is 370 g/mol. The Labute approximate surface area is 154 Å². The molecule has 0 bridgehead atoms. The van der Waals surface area contributed by atoms with Gasteiger partial charge < -0.3 is 10.2 Å². The number of carbonyl (C=O) groups excluding carboxylic acids is 1. The summed E-state index contributed by atoms with van der Waals surface area (Å²) < 4.78 is 1.95. The summed E-state index contributed by atoms with van der Waals surface area (Å²) in [5.41, 5.74) is 0.966. The zero-order chi connectivity index (χ0) is 18.4. The van der Waals surface area contributed by atoms with Gasteiger partial charge in [0.05, 0.1) is 0 Å². The fourth-order valence-corrected chi connectivity index (χ4v) is 3.98. The van der Waals surface area contributed by atoms with E-state index in [0.29, 0.717) is 10.3 Å². The number of para-hydroxylation sites is 1. The van der Waals surface area contributed by atoms with Crippen LogP contribution < -0.4 is 5.32 Å². The highest BCUT2D eigenvalue weighted by Gasteiger charge is 2.45. The Kier molecular flexibility index (Phi) is 3.91. The van der Waals surface area contributed by atoms with Gasteiger partial charge in [-0.3, -0.25) is 14.9 Å². The molecule has 0 unspecified atom stereocenters. The van der Waals surface area contributed by atoms with Gasteiger partial charge in [-0.1, -0.05) is 18.2 Å². The van der Waals surface area contributed by atoms with Crippen LogP contribution in [0.3, 0.4) is 0 Å². The number of likely N-dealkylation sites (N-methyl/N-ethyl adjacent to an activating group) is 2. The molecule has 2 atom stereocenters. The van der Waals surface area contributed by atoms with Crippen molar-refractivity contribution in [3.63, 3.8) is 0 Å². The van der Waals surface area contributed by atoms with Crippen LogP contribution in [0.5, 0.6) is 0 Å². The van der Waals surface area contributed by atoms with E-state index in [4.69, 9.17) is 5.41 Å². The van der Waals surface area contributed by atoms with Crippen LogP contribution in [0.15, 0.2) is 40.5 Å². The molecule has 134 valence electrons. The molecule has 0 spiro atoms. The number of hydrogen-bond acceptors (Lipinski definition) is 7. The highest BCUT2D eigenvalue weighted by atomic mass is 32.2. The number of hydrogen-bond donors (Lipinski definition) is 2. The highest BCUT2D eigenvalue weighted by molar-refractivity contribution is 8.13. The lowest BCUT2D eigenvalue weighted by atomic mass is 10.1. The van der Waals surface area contributed by atoms with E-state index < -0.39 is 6.17 Å². The maximum atomic E-state index is 12.2. The van der Waals surface area contributed by atoms with E-state index in [0.717, 1.165) is 11.5 Å². The van der Waals surface area contributed by atoms with Crippen LogP contribution in [0, 0.1) is 12.3 Å². The number of aliphatic imine (C=N–C) groups is 1. The number of benzene rings is 1. The Bertz CT molecular complexity index is 908. The molecular formula is C16H18N8OS. The van der Waals surface area contributed by atoms with Gasteiger partial charge in [0, 0.05) is 19.8 Å². The summed E-state index contributed by atoms with van der Waals surface area (Å²) in [6, 6.07) is 9.25. The molecular weight excluding hydrogens is 352 g/mol. The number of rotatable bonds is 2. The molecule has 2 amide bonds. The van der Waals surface area contributed by atoms with Gasteiger partial charge in [0.2, 0.25) is 5.16 Å². The van der Waals surface area contributed by atoms with Crippen LogP contribution in [0.2, 0.25) is 0 Å². The number of nitrogens with one attached hydrogen (secondary N) is 2. The molecule has 26 heavy (non-hydrogen) atoms. The van der Waals surface area contributed by atoms with E-state index in [1.807, 2.05) is 41.8 Å². The van der Waals surface area contributed by atoms with E-state index in [1.54, 1.807) is 14.1 Å². The number of aromatic nitrogens is 3. The number of urea groups is 1. The number of carbonyl (C=O) groups is 1. The lowest BCUT2D eigenvalue weighted by Crippen LogP contribution is -2.62. The van der Waals surface area contributed by atoms with Crippen LogP contribution in [0.4, 0.5) is 4.79 Å². The quantitative estimate of drug-likeness (QED) is 0.829. The fourth-order valence-electron chi connectivity index (χ4n) is 3.05. The standard InChI is InChI=1S/C16H18N8OS/c1-9-20-21-15(24(9)10-7-5-4-6-8-10)26-14-18-11-12(17)22(2)16(25)23(3)13(11)19-14/h4-8,11,13,17H,1-3H3,(H,18,19)/t11-,13-/m1/s1. The van der Waals surface area contributed by atoms with Crippen molar-refractivity contribution in [3.05, 3.63) is 36.2 Å². The summed E-state index contributed by atoms with van der Waals surface area (Å²) in [6.07, 6.45) is -0.428. The number of nitrogens with zero attached hydrogens (tertiary/aromatic N) is 6. The molecule has 4 rings (SSSR count). The number of amides is 2. The molecule has 1 aromatic heterocycles. The largest absolute Gasteiger partial charge is 0.351 e. The van der Waals surface area contributed by atoms with Crippen LogP contribution in [0.1, 0.15) is 5.82 Å². The van der Waals surface area contributed by atoms with Gasteiger partial charge in [0.25, 0.3) is 0 Å². The summed E-state index contributed by atoms with van der Waals surface area (Å²) in [7, 11) is 3.29. The van der Waals surface area contributed by atoms with Gasteiger partial charge in [-0.05, 0) is 30.8 Å². The first-order valence-corrected chi connectivity index (χ1v) is 8.87. The monoisotopic (exact) mass is 370 g/mol. The van der Waals surface area contributed by atoms with Gasteiger partial charge in [0.1, 0.15) is 17.7 Å². The molecule has 2 aromatic rings. The molecule has 0 saturated carbocycles. The summed E-state index contributed by atoms with van der Waals surface area (Å²) in [4.78, 5) is 19.6. The second-order valence-electron chi connectivity index (χ2n) is 6.11. The fraction of sp³-hybridized carbons (Fsp3) is 0.312. The van der Waals surface area contributed by atoms with Crippen LogP contribution in [-0.2, 0) is 0 Å². The third-order valence-corrected chi connectivity index (χ3v) is 5.33. The van der Waals surface area contributed by atoms with Gasteiger partial charge >= 0.3 is 6.03 Å². The molecule has 10 heteroatoms. The molecule has 3 heterocycles. The lowest BCUT2D eigenvalue weighted by Gasteiger charge is -2.38. The van der Waals surface area contributed by atoms with Gasteiger partial charge in [-0.25, -0.2) is 9.79 Å². The zero-order valence-corrected chi connectivity index (χ0v) is 15.4. The third kappa shape index (κ3) is 2.53. The minimum Gasteiger partial charge on any atom is -0.351 e. The van der Waals surface area contributed by atoms with Crippen molar-refractivity contribution >= 4 is 28.8 Å². The number of thioether (sulfide) groups is 1. The first-order chi connectivity index (χ1) is 12.5. The van der Waals surface area contributed by atoms with Gasteiger partial charge in [-0.15, -0.1) is 10.2 Å². The molecule has 2 aliphatic heterocycles. The normalized spacial score (nSPS) is 22.3. The van der Waals surface area contributed by atoms with E-state index in [-0.39, 0.29) is 17.9 Å². The van der Waals surface area contributed by atoms with E-state index in [2.05, 4.69) is 20.5 Å². The minimum absolute atomic E-state index is 0.207. The van der Waals surface area contributed by atoms with E-state index in [9.17, 15) is 4.79 Å². The lowest BCUT2D eigenvalue weighted by molar-refractivity contribution is 0.158. The molecule has 2 N–H and O–H groups in total. The van der Waals surface area contributed by atoms with Crippen molar-refractivity contribution in [2.45, 2.75) is 24.3 Å². The summed E-state index contributed by atoms with van der Waals surface area (Å²) >= 11 is 1.34. The average Bonchev–Trinajstić information content (AvgIpc) is 3.23. The summed E-state index contributed by atoms with van der Waals surface area (Å²) in [5.74, 6) is 0.979. The topological polar surface area (TPSA) is 102 Å². The third-order valence-electron chi connectivity index (χ3n) is 4.47. The zero-order valence-electron chi connectivity index (χ0n) is 14.5. The molecule has 0 aliphatic carbocycles. The Balaban J connectivity index is 1.62. The van der Waals surface area contributed by atoms with Crippen LogP contribution in [-0.4, -0.2) is 67.9 Å². The molecule has 0 radical (unpaired) electrons. The first kappa shape index (κ1) is 16.6. The second-order valence-corrected chi connectivity index (χ2v) is 7.07. The van der Waals surface area contributed by atoms with Crippen molar-refractivity contribution in [3.8, 4) is 5.69 Å². The predicted octanol–water partition coefficient (Wildman–Crippen LogP) is 1.30. The summed E-state index contributed by atoms with van der Waals surface area (Å²) in [6.45, 7) is 1.89. The van der Waals surface area contributed by atoms with Crippen LogP contribution >= 0.6 is 11.8 Å². The number of aryl methyl sites for hydroxylation is 1. The van der Waals surface area contributed by atoms with Crippen molar-refractivity contribution < 1.29 is 4.79 Å². The number of fused-ring (bicyclic) bond motifs is 1. The van der Waals surface area contributed by atoms with Gasteiger partial charge in [0.15, 0.2) is 11.3 Å². The molecule has 2 aliphatic rings. The van der Waals surface area contributed by atoms with Gasteiger partial charge in [-0.2, -0.15) is 0 Å². The van der Waals surface area contributed by atoms with Crippen molar-refractivity contribution in [1.29, 1.82) is 5.41 Å².